The minimum Gasteiger partial charge on any atom is -0.385 e. The van der Waals surface area contributed by atoms with Gasteiger partial charge < -0.3 is 15.8 Å². The van der Waals surface area contributed by atoms with Crippen LogP contribution >= 0.6 is 0 Å². The molecule has 0 bridgehead atoms. The van der Waals surface area contributed by atoms with Crippen molar-refractivity contribution in [2.45, 2.75) is 38.8 Å². The molecule has 106 valence electrons. The molecule has 0 saturated carbocycles. The first-order valence-corrected chi connectivity index (χ1v) is 6.66. The summed E-state index contributed by atoms with van der Waals surface area (Å²) in [5.41, 5.74) is 8.15. The van der Waals surface area contributed by atoms with Crippen LogP contribution in [0.25, 0.3) is 0 Å². The van der Waals surface area contributed by atoms with E-state index < -0.39 is 6.04 Å². The van der Waals surface area contributed by atoms with Crippen LogP contribution in [0.15, 0.2) is 24.3 Å². The highest BCUT2D eigenvalue weighted by Gasteiger charge is 2.16. The Morgan fingerprint density at radius 3 is 2.74 bits per heavy atom. The lowest BCUT2D eigenvalue weighted by Crippen LogP contribution is -2.41. The van der Waals surface area contributed by atoms with Gasteiger partial charge >= 0.3 is 0 Å². The molecule has 1 aromatic rings. The molecule has 0 aromatic heterocycles. The molecule has 19 heavy (non-hydrogen) atoms. The average molecular weight is 264 g/mol. The molecule has 0 saturated heterocycles. The molecular weight excluding hydrogens is 240 g/mol. The number of carbonyl (C=O) groups excluding carboxylic acids is 1. The van der Waals surface area contributed by atoms with Crippen LogP contribution in [0.4, 0.5) is 0 Å². The van der Waals surface area contributed by atoms with Crippen molar-refractivity contribution in [1.82, 2.24) is 5.32 Å². The molecule has 1 amide bonds. The number of methoxy groups -OCH3 is 1. The van der Waals surface area contributed by atoms with E-state index in [-0.39, 0.29) is 11.9 Å². The molecule has 0 aliphatic rings. The largest absolute Gasteiger partial charge is 0.385 e. The summed E-state index contributed by atoms with van der Waals surface area (Å²) in [5.74, 6) is -0.105. The number of aryl methyl sites for hydroxylation is 1. The molecule has 2 unspecified atom stereocenters. The maximum Gasteiger partial charge on any atom is 0.237 e. The number of hydrogen-bond acceptors (Lipinski definition) is 3. The molecule has 0 aliphatic heterocycles. The third-order valence-corrected chi connectivity index (χ3v) is 3.21. The van der Waals surface area contributed by atoms with E-state index in [2.05, 4.69) is 5.32 Å². The van der Waals surface area contributed by atoms with Gasteiger partial charge in [-0.2, -0.15) is 0 Å². The van der Waals surface area contributed by atoms with E-state index >= 15 is 0 Å². The summed E-state index contributed by atoms with van der Waals surface area (Å²) in [6.45, 7) is 4.65. The van der Waals surface area contributed by atoms with Gasteiger partial charge in [-0.15, -0.1) is 0 Å². The molecule has 3 N–H and O–H groups in total. The fourth-order valence-corrected chi connectivity index (χ4v) is 2.05. The Bertz CT molecular complexity index is 407. The van der Waals surface area contributed by atoms with Crippen LogP contribution in [-0.4, -0.2) is 25.7 Å². The highest BCUT2D eigenvalue weighted by atomic mass is 16.5. The number of carbonyl (C=O) groups is 1. The predicted octanol–water partition coefficient (Wildman–Crippen LogP) is 1.93. The van der Waals surface area contributed by atoms with Crippen molar-refractivity contribution in [3.63, 3.8) is 0 Å². The first-order chi connectivity index (χ1) is 9.06. The van der Waals surface area contributed by atoms with Crippen molar-refractivity contribution in [1.29, 1.82) is 0 Å². The SMILES string of the molecule is COCCCC(N)C(=O)NC(C)c1ccccc1C. The third kappa shape index (κ3) is 5.01. The van der Waals surface area contributed by atoms with E-state index in [1.807, 2.05) is 38.1 Å². The lowest BCUT2D eigenvalue weighted by atomic mass is 10.0. The molecule has 0 spiro atoms. The van der Waals surface area contributed by atoms with Crippen molar-refractivity contribution in [3.8, 4) is 0 Å². The van der Waals surface area contributed by atoms with E-state index in [0.29, 0.717) is 13.0 Å². The zero-order chi connectivity index (χ0) is 14.3. The van der Waals surface area contributed by atoms with Gasteiger partial charge in [0.05, 0.1) is 12.1 Å². The molecule has 1 aromatic carbocycles. The van der Waals surface area contributed by atoms with Crippen molar-refractivity contribution in [2.24, 2.45) is 5.73 Å². The minimum absolute atomic E-state index is 0.0258. The van der Waals surface area contributed by atoms with Crippen LogP contribution in [0.3, 0.4) is 0 Å². The quantitative estimate of drug-likeness (QED) is 0.740. The number of ether oxygens (including phenoxy) is 1. The summed E-state index contributed by atoms with van der Waals surface area (Å²) >= 11 is 0. The monoisotopic (exact) mass is 264 g/mol. The van der Waals surface area contributed by atoms with Crippen LogP contribution in [0, 0.1) is 6.92 Å². The van der Waals surface area contributed by atoms with E-state index in [9.17, 15) is 4.79 Å². The van der Waals surface area contributed by atoms with Gasteiger partial charge in [0.15, 0.2) is 0 Å². The smallest absolute Gasteiger partial charge is 0.237 e. The van der Waals surface area contributed by atoms with Crippen LogP contribution < -0.4 is 11.1 Å². The fourth-order valence-electron chi connectivity index (χ4n) is 2.05. The lowest BCUT2D eigenvalue weighted by Gasteiger charge is -2.19. The Kier molecular flexibility index (Phi) is 6.53. The first kappa shape index (κ1) is 15.7. The van der Waals surface area contributed by atoms with Crippen LogP contribution in [0.1, 0.15) is 36.9 Å². The summed E-state index contributed by atoms with van der Waals surface area (Å²) in [4.78, 5) is 12.0. The summed E-state index contributed by atoms with van der Waals surface area (Å²) in [7, 11) is 1.64. The van der Waals surface area contributed by atoms with E-state index in [0.717, 1.165) is 12.0 Å². The van der Waals surface area contributed by atoms with Gasteiger partial charge in [0, 0.05) is 13.7 Å². The molecule has 0 heterocycles. The number of hydrogen-bond donors (Lipinski definition) is 2. The Morgan fingerprint density at radius 1 is 1.42 bits per heavy atom. The number of benzene rings is 1. The van der Waals surface area contributed by atoms with E-state index in [4.69, 9.17) is 10.5 Å². The second-order valence-electron chi connectivity index (χ2n) is 4.83. The predicted molar refractivity (Wildman–Crippen MR) is 76.8 cm³/mol. The van der Waals surface area contributed by atoms with Crippen molar-refractivity contribution >= 4 is 5.91 Å². The number of nitrogens with one attached hydrogen (secondary N) is 1. The van der Waals surface area contributed by atoms with Crippen molar-refractivity contribution < 1.29 is 9.53 Å². The van der Waals surface area contributed by atoms with Gasteiger partial charge in [0.1, 0.15) is 0 Å². The second-order valence-corrected chi connectivity index (χ2v) is 4.83. The molecule has 1 rings (SSSR count). The molecular formula is C15H24N2O2. The van der Waals surface area contributed by atoms with Crippen molar-refractivity contribution in [2.75, 3.05) is 13.7 Å². The number of rotatable bonds is 7. The minimum atomic E-state index is -0.471. The molecule has 0 aliphatic carbocycles. The topological polar surface area (TPSA) is 64.3 Å². The van der Waals surface area contributed by atoms with Gasteiger partial charge in [-0.05, 0) is 37.8 Å². The van der Waals surface area contributed by atoms with Crippen LogP contribution in [0.5, 0.6) is 0 Å². The zero-order valence-electron chi connectivity index (χ0n) is 12.0. The Hall–Kier alpha value is -1.39. The van der Waals surface area contributed by atoms with Crippen LogP contribution in [0.2, 0.25) is 0 Å². The van der Waals surface area contributed by atoms with E-state index in [1.54, 1.807) is 7.11 Å². The Balaban J connectivity index is 2.50. The van der Waals surface area contributed by atoms with Gasteiger partial charge in [-0.3, -0.25) is 4.79 Å². The second kappa shape index (κ2) is 7.92. The van der Waals surface area contributed by atoms with E-state index in [1.165, 1.54) is 5.56 Å². The molecule has 0 radical (unpaired) electrons. The summed E-state index contributed by atoms with van der Waals surface area (Å²) in [6.07, 6.45) is 1.43. The molecule has 4 nitrogen and oxygen atoms in total. The highest BCUT2D eigenvalue weighted by Crippen LogP contribution is 2.16. The highest BCUT2D eigenvalue weighted by molar-refractivity contribution is 5.81. The Labute approximate surface area is 115 Å². The lowest BCUT2D eigenvalue weighted by molar-refractivity contribution is -0.123. The maximum atomic E-state index is 12.0. The van der Waals surface area contributed by atoms with Gasteiger partial charge in [0.25, 0.3) is 0 Å². The maximum absolute atomic E-state index is 12.0. The van der Waals surface area contributed by atoms with Gasteiger partial charge in [0.2, 0.25) is 5.91 Å². The third-order valence-electron chi connectivity index (χ3n) is 3.21. The number of nitrogens with two attached hydrogens (primary N) is 1. The molecule has 2 atom stereocenters. The summed E-state index contributed by atoms with van der Waals surface area (Å²) in [5, 5.41) is 2.96. The normalized spacial score (nSPS) is 13.9. The van der Waals surface area contributed by atoms with Crippen molar-refractivity contribution in [3.05, 3.63) is 35.4 Å². The Morgan fingerprint density at radius 2 is 2.11 bits per heavy atom. The van der Waals surface area contributed by atoms with Gasteiger partial charge in [-0.25, -0.2) is 0 Å². The fraction of sp³-hybridized carbons (Fsp3) is 0.533. The summed E-state index contributed by atoms with van der Waals surface area (Å²) < 4.78 is 4.95. The standard InChI is InChI=1S/C15H24N2O2/c1-11-7-4-5-8-13(11)12(2)17-15(18)14(16)9-6-10-19-3/h4-5,7-8,12,14H,6,9-10,16H2,1-3H3,(H,17,18). The number of amides is 1. The first-order valence-electron chi connectivity index (χ1n) is 6.66. The summed E-state index contributed by atoms with van der Waals surface area (Å²) in [6, 6.07) is 7.53. The van der Waals surface area contributed by atoms with Crippen LogP contribution in [-0.2, 0) is 9.53 Å². The van der Waals surface area contributed by atoms with Gasteiger partial charge in [-0.1, -0.05) is 24.3 Å². The zero-order valence-corrected chi connectivity index (χ0v) is 12.0. The molecule has 4 heteroatoms. The molecule has 0 fully saturated rings. The average Bonchev–Trinajstić information content (AvgIpc) is 2.39.